The molecule has 1 aromatic carbocycles. The number of carboxylic acids is 1. The third-order valence-electron chi connectivity index (χ3n) is 3.75. The van der Waals surface area contributed by atoms with Crippen LogP contribution in [0.15, 0.2) is 24.3 Å². The number of aliphatic carboxylic acids is 1. The maximum Gasteiger partial charge on any atom is 0.318 e. The Bertz CT molecular complexity index is 750. The maximum absolute atomic E-state index is 12.5. The van der Waals surface area contributed by atoms with Crippen LogP contribution < -0.4 is 0 Å². The van der Waals surface area contributed by atoms with Crippen molar-refractivity contribution in [2.24, 2.45) is 0 Å². The molecule has 0 bridgehead atoms. The number of carbonyl (C=O) groups excluding carboxylic acids is 1. The fourth-order valence-electron chi connectivity index (χ4n) is 2.53. The summed E-state index contributed by atoms with van der Waals surface area (Å²) in [6.45, 7) is -0.267. The first kappa shape index (κ1) is 19.2. The minimum absolute atomic E-state index is 0.0960. The second-order valence-electron chi connectivity index (χ2n) is 5.71. The fourth-order valence-corrected chi connectivity index (χ4v) is 3.32. The third kappa shape index (κ3) is 5.15. The summed E-state index contributed by atoms with van der Waals surface area (Å²) in [5, 5.41) is 18.7. The molecule has 9 nitrogen and oxygen atoms in total. The molecule has 1 amide bonds. The highest BCUT2D eigenvalue weighted by Gasteiger charge is 2.30. The van der Waals surface area contributed by atoms with Gasteiger partial charge in [-0.25, -0.2) is 8.42 Å². The monoisotopic (exact) mass is 372 g/mol. The predicted octanol–water partition coefficient (Wildman–Crippen LogP) is -0.421. The summed E-state index contributed by atoms with van der Waals surface area (Å²) in [7, 11) is -3.73. The third-order valence-corrected chi connectivity index (χ3v) is 4.96. The number of ether oxygens (including phenoxy) is 1. The number of carbonyl (C=O) groups is 2. The van der Waals surface area contributed by atoms with Gasteiger partial charge in [0, 0.05) is 19.6 Å². The van der Waals surface area contributed by atoms with Crippen molar-refractivity contribution in [3.8, 4) is 5.75 Å². The number of carboxylic acid groups (broad SMARTS) is 1. The molecule has 2 N–H and O–H groups in total. The molecule has 0 aromatic heterocycles. The van der Waals surface area contributed by atoms with Gasteiger partial charge < -0.3 is 19.8 Å². The molecule has 1 aromatic rings. The zero-order valence-electron chi connectivity index (χ0n) is 13.7. The molecule has 0 aliphatic carbocycles. The number of hydrogen-bond acceptors (Lipinski definition) is 6. The van der Waals surface area contributed by atoms with Gasteiger partial charge in [-0.15, -0.1) is 0 Å². The summed E-state index contributed by atoms with van der Waals surface area (Å²) in [6.07, 6.45) is 0.265. The number of hydrogen-bond donors (Lipinski definition) is 2. The number of para-hydroxylation sites is 1. The first-order valence-corrected chi connectivity index (χ1v) is 9.39. The summed E-state index contributed by atoms with van der Waals surface area (Å²) < 4.78 is 29.7. The largest absolute Gasteiger partial charge is 0.507 e. The number of amides is 1. The zero-order valence-corrected chi connectivity index (χ0v) is 14.5. The van der Waals surface area contributed by atoms with Crippen molar-refractivity contribution in [1.29, 1.82) is 0 Å². The Balaban J connectivity index is 2.08. The van der Waals surface area contributed by atoms with E-state index in [1.54, 1.807) is 12.1 Å². The highest BCUT2D eigenvalue weighted by Crippen LogP contribution is 2.19. The van der Waals surface area contributed by atoms with E-state index < -0.39 is 34.5 Å². The summed E-state index contributed by atoms with van der Waals surface area (Å²) in [6, 6.07) is 6.13. The number of morpholine rings is 1. The van der Waals surface area contributed by atoms with Gasteiger partial charge in [0.2, 0.25) is 10.0 Å². The fraction of sp³-hybridized carbons (Fsp3) is 0.467. The van der Waals surface area contributed by atoms with E-state index in [0.29, 0.717) is 6.54 Å². The number of phenolic OH excluding ortho intramolecular Hbond substituents is 1. The standard InChI is InChI=1S/C15H20N2O7S/c1-25(22,23)17(10-14(19)20)9-11-8-16(6-7-24-11)15(21)12-4-2-3-5-13(12)18/h2-5,11,18H,6-10H2,1H3,(H,19,20). The number of aromatic hydroxyl groups is 1. The van der Waals surface area contributed by atoms with Gasteiger partial charge in [-0.3, -0.25) is 9.59 Å². The lowest BCUT2D eigenvalue weighted by molar-refractivity contribution is -0.137. The number of benzene rings is 1. The molecule has 1 atom stereocenters. The Morgan fingerprint density at radius 2 is 2.04 bits per heavy atom. The molecule has 0 spiro atoms. The number of sulfonamides is 1. The van der Waals surface area contributed by atoms with Crippen LogP contribution in [0.25, 0.3) is 0 Å². The average molecular weight is 372 g/mol. The van der Waals surface area contributed by atoms with Crippen molar-refractivity contribution in [2.75, 3.05) is 39.0 Å². The van der Waals surface area contributed by atoms with E-state index in [1.165, 1.54) is 17.0 Å². The predicted molar refractivity (Wildman–Crippen MR) is 87.8 cm³/mol. The molecule has 1 heterocycles. The van der Waals surface area contributed by atoms with Gasteiger partial charge in [-0.2, -0.15) is 4.31 Å². The van der Waals surface area contributed by atoms with Gasteiger partial charge in [0.05, 0.1) is 24.5 Å². The topological polar surface area (TPSA) is 124 Å². The van der Waals surface area contributed by atoms with Gasteiger partial charge in [0.25, 0.3) is 5.91 Å². The maximum atomic E-state index is 12.5. The molecule has 25 heavy (non-hydrogen) atoms. The quantitative estimate of drug-likeness (QED) is 0.695. The van der Waals surface area contributed by atoms with E-state index >= 15 is 0 Å². The van der Waals surface area contributed by atoms with Crippen LogP contribution in [0.2, 0.25) is 0 Å². The second kappa shape index (κ2) is 7.81. The lowest BCUT2D eigenvalue weighted by Gasteiger charge is -2.35. The molecule has 10 heteroatoms. The van der Waals surface area contributed by atoms with E-state index in [2.05, 4.69) is 0 Å². The van der Waals surface area contributed by atoms with Gasteiger partial charge >= 0.3 is 5.97 Å². The smallest absolute Gasteiger partial charge is 0.318 e. The van der Waals surface area contributed by atoms with Crippen LogP contribution in [0.3, 0.4) is 0 Å². The van der Waals surface area contributed by atoms with Crippen LogP contribution >= 0.6 is 0 Å². The van der Waals surface area contributed by atoms with Crippen molar-refractivity contribution >= 4 is 21.9 Å². The Labute approximate surface area is 145 Å². The number of nitrogens with zero attached hydrogens (tertiary/aromatic N) is 2. The van der Waals surface area contributed by atoms with Crippen molar-refractivity contribution < 1.29 is 33.0 Å². The van der Waals surface area contributed by atoms with Crippen molar-refractivity contribution in [3.05, 3.63) is 29.8 Å². The highest BCUT2D eigenvalue weighted by atomic mass is 32.2. The summed E-state index contributed by atoms with van der Waals surface area (Å²) in [4.78, 5) is 24.8. The molecular weight excluding hydrogens is 352 g/mol. The molecular formula is C15H20N2O7S. The van der Waals surface area contributed by atoms with E-state index in [4.69, 9.17) is 9.84 Å². The molecule has 1 aliphatic rings. The van der Waals surface area contributed by atoms with Crippen LogP contribution in [0.5, 0.6) is 5.75 Å². The first-order valence-electron chi connectivity index (χ1n) is 7.54. The van der Waals surface area contributed by atoms with Crippen molar-refractivity contribution in [2.45, 2.75) is 6.10 Å². The van der Waals surface area contributed by atoms with E-state index in [9.17, 15) is 23.1 Å². The van der Waals surface area contributed by atoms with Crippen LogP contribution in [0, 0.1) is 0 Å². The summed E-state index contributed by atoms with van der Waals surface area (Å²) >= 11 is 0. The first-order chi connectivity index (χ1) is 11.7. The minimum Gasteiger partial charge on any atom is -0.507 e. The normalized spacial score (nSPS) is 18.3. The molecule has 0 saturated carbocycles. The zero-order chi connectivity index (χ0) is 18.6. The van der Waals surface area contributed by atoms with Crippen LogP contribution in [-0.2, 0) is 19.6 Å². The van der Waals surface area contributed by atoms with Gasteiger partial charge in [0.1, 0.15) is 12.3 Å². The minimum atomic E-state index is -3.73. The SMILES string of the molecule is CS(=O)(=O)N(CC(=O)O)CC1CN(C(=O)c2ccccc2O)CCO1. The van der Waals surface area contributed by atoms with E-state index in [0.717, 1.165) is 10.6 Å². The van der Waals surface area contributed by atoms with Crippen LogP contribution in [-0.4, -0.2) is 84.9 Å². The lowest BCUT2D eigenvalue weighted by Crippen LogP contribution is -2.51. The average Bonchev–Trinajstić information content (AvgIpc) is 2.53. The molecule has 0 radical (unpaired) electrons. The highest BCUT2D eigenvalue weighted by molar-refractivity contribution is 7.88. The number of rotatable bonds is 6. The summed E-state index contributed by atoms with van der Waals surface area (Å²) in [5.74, 6) is -1.81. The number of phenols is 1. The second-order valence-corrected chi connectivity index (χ2v) is 7.69. The van der Waals surface area contributed by atoms with Gasteiger partial charge in [-0.1, -0.05) is 12.1 Å². The summed E-state index contributed by atoms with van der Waals surface area (Å²) in [5.41, 5.74) is 0.147. The van der Waals surface area contributed by atoms with E-state index in [1.807, 2.05) is 0 Å². The van der Waals surface area contributed by atoms with Crippen molar-refractivity contribution in [1.82, 2.24) is 9.21 Å². The Morgan fingerprint density at radius 1 is 1.36 bits per heavy atom. The van der Waals surface area contributed by atoms with E-state index in [-0.39, 0.29) is 31.0 Å². The lowest BCUT2D eigenvalue weighted by atomic mass is 10.1. The van der Waals surface area contributed by atoms with Crippen LogP contribution in [0.4, 0.5) is 0 Å². The van der Waals surface area contributed by atoms with Gasteiger partial charge in [-0.05, 0) is 12.1 Å². The Kier molecular flexibility index (Phi) is 5.98. The Morgan fingerprint density at radius 3 is 2.64 bits per heavy atom. The van der Waals surface area contributed by atoms with Gasteiger partial charge in [0.15, 0.2) is 0 Å². The molecule has 2 rings (SSSR count). The molecule has 1 aliphatic heterocycles. The molecule has 1 fully saturated rings. The molecule has 1 unspecified atom stereocenters. The Hall–Kier alpha value is -2.17. The van der Waals surface area contributed by atoms with Crippen LogP contribution in [0.1, 0.15) is 10.4 Å². The molecule has 138 valence electrons. The van der Waals surface area contributed by atoms with Crippen molar-refractivity contribution in [3.63, 3.8) is 0 Å². The molecule has 1 saturated heterocycles.